The van der Waals surface area contributed by atoms with Gasteiger partial charge in [-0.1, -0.05) is 36.9 Å². The van der Waals surface area contributed by atoms with E-state index in [9.17, 15) is 14.4 Å². The number of aryl methyl sites for hydroxylation is 2. The Morgan fingerprint density at radius 2 is 1.85 bits per heavy atom. The summed E-state index contributed by atoms with van der Waals surface area (Å²) >= 11 is 6.22. The molecule has 0 atom stereocenters. The molecule has 1 spiro atoms. The molecule has 1 heterocycles. The van der Waals surface area contributed by atoms with E-state index in [2.05, 4.69) is 5.32 Å². The molecular weight excluding hydrogens is 354 g/mol. The standard InChI is InChI=1S/C19H24ClN3O3/c1-12-9-13(2)16(14(20)10-12)21-15(24)11-23-17(25)19(22(3)18(23)26)7-5-4-6-8-19/h9-10H,4-8,11H2,1-3H3,(H,21,24). The molecule has 1 N–H and O–H groups in total. The maximum Gasteiger partial charge on any atom is 0.327 e. The second kappa shape index (κ2) is 6.91. The minimum Gasteiger partial charge on any atom is -0.323 e. The Morgan fingerprint density at radius 1 is 1.19 bits per heavy atom. The summed E-state index contributed by atoms with van der Waals surface area (Å²) in [5, 5.41) is 3.18. The summed E-state index contributed by atoms with van der Waals surface area (Å²) in [6.45, 7) is 3.48. The van der Waals surface area contributed by atoms with Gasteiger partial charge < -0.3 is 10.2 Å². The lowest BCUT2D eigenvalue weighted by molar-refractivity contribution is -0.136. The Morgan fingerprint density at radius 3 is 2.46 bits per heavy atom. The molecule has 26 heavy (non-hydrogen) atoms. The Hall–Kier alpha value is -2.08. The van der Waals surface area contributed by atoms with Gasteiger partial charge in [0.1, 0.15) is 12.1 Å². The maximum atomic E-state index is 12.9. The van der Waals surface area contributed by atoms with Crippen LogP contribution in [0.2, 0.25) is 5.02 Å². The molecule has 1 aliphatic carbocycles. The van der Waals surface area contributed by atoms with Crippen molar-refractivity contribution >= 4 is 35.1 Å². The lowest BCUT2D eigenvalue weighted by Gasteiger charge is -2.35. The van der Waals surface area contributed by atoms with Gasteiger partial charge in [-0.25, -0.2) is 4.79 Å². The lowest BCUT2D eigenvalue weighted by Crippen LogP contribution is -2.49. The van der Waals surface area contributed by atoms with Crippen molar-refractivity contribution < 1.29 is 14.4 Å². The van der Waals surface area contributed by atoms with Crippen molar-refractivity contribution in [1.82, 2.24) is 9.80 Å². The van der Waals surface area contributed by atoms with Crippen molar-refractivity contribution in [2.24, 2.45) is 0 Å². The third-order valence-corrected chi connectivity index (χ3v) is 5.78. The first-order valence-corrected chi connectivity index (χ1v) is 9.30. The zero-order valence-electron chi connectivity index (χ0n) is 15.4. The monoisotopic (exact) mass is 377 g/mol. The minimum absolute atomic E-state index is 0.258. The molecule has 3 rings (SSSR count). The van der Waals surface area contributed by atoms with Crippen molar-refractivity contribution in [1.29, 1.82) is 0 Å². The molecule has 1 aliphatic heterocycles. The summed E-state index contributed by atoms with van der Waals surface area (Å²) in [7, 11) is 1.66. The lowest BCUT2D eigenvalue weighted by atomic mass is 9.81. The van der Waals surface area contributed by atoms with Gasteiger partial charge in [-0.05, 0) is 43.9 Å². The topological polar surface area (TPSA) is 69.7 Å². The summed E-state index contributed by atoms with van der Waals surface area (Å²) in [6, 6.07) is 3.28. The van der Waals surface area contributed by atoms with Crippen LogP contribution in [0.1, 0.15) is 43.2 Å². The van der Waals surface area contributed by atoms with E-state index in [4.69, 9.17) is 11.6 Å². The number of urea groups is 1. The molecule has 0 radical (unpaired) electrons. The number of nitrogens with zero attached hydrogens (tertiary/aromatic N) is 2. The molecule has 0 unspecified atom stereocenters. The summed E-state index contributed by atoms with van der Waals surface area (Å²) in [5.41, 5.74) is 1.58. The number of likely N-dealkylation sites (N-methyl/N-ethyl adjacent to an activating group) is 1. The number of benzene rings is 1. The fourth-order valence-corrected chi connectivity index (χ4v) is 4.44. The zero-order valence-corrected chi connectivity index (χ0v) is 16.2. The molecule has 1 aromatic rings. The highest BCUT2D eigenvalue weighted by molar-refractivity contribution is 6.34. The molecule has 6 nitrogen and oxygen atoms in total. The van der Waals surface area contributed by atoms with Crippen LogP contribution < -0.4 is 5.32 Å². The highest BCUT2D eigenvalue weighted by Gasteiger charge is 2.55. The largest absolute Gasteiger partial charge is 0.327 e. The van der Waals surface area contributed by atoms with Crippen LogP contribution in [0.15, 0.2) is 12.1 Å². The van der Waals surface area contributed by atoms with Crippen molar-refractivity contribution in [3.8, 4) is 0 Å². The van der Waals surface area contributed by atoms with Crippen LogP contribution in [0, 0.1) is 13.8 Å². The number of hydrogen-bond acceptors (Lipinski definition) is 3. The second-order valence-electron chi connectivity index (χ2n) is 7.31. The van der Waals surface area contributed by atoms with E-state index in [0.717, 1.165) is 35.3 Å². The third kappa shape index (κ3) is 3.07. The predicted octanol–water partition coefficient (Wildman–Crippen LogP) is 3.49. The van der Waals surface area contributed by atoms with Gasteiger partial charge in [-0.3, -0.25) is 14.5 Å². The number of amides is 4. The van der Waals surface area contributed by atoms with Gasteiger partial charge in [0.2, 0.25) is 5.91 Å². The van der Waals surface area contributed by atoms with Crippen molar-refractivity contribution in [3.05, 3.63) is 28.3 Å². The summed E-state index contributed by atoms with van der Waals surface area (Å²) in [4.78, 5) is 40.6. The van der Waals surface area contributed by atoms with Crippen LogP contribution in [0.4, 0.5) is 10.5 Å². The zero-order chi connectivity index (χ0) is 19.1. The first-order valence-electron chi connectivity index (χ1n) is 8.92. The fourth-order valence-electron chi connectivity index (χ4n) is 4.07. The van der Waals surface area contributed by atoms with Crippen LogP contribution in [0.3, 0.4) is 0 Å². The first kappa shape index (κ1) is 18.7. The maximum absolute atomic E-state index is 12.9. The number of halogens is 1. The average molecular weight is 378 g/mol. The molecular formula is C19H24ClN3O3. The highest BCUT2D eigenvalue weighted by Crippen LogP contribution is 2.39. The number of rotatable bonds is 3. The van der Waals surface area contributed by atoms with E-state index >= 15 is 0 Å². The second-order valence-corrected chi connectivity index (χ2v) is 7.72. The molecule has 4 amide bonds. The Labute approximate surface area is 158 Å². The van der Waals surface area contributed by atoms with Gasteiger partial charge in [0.25, 0.3) is 5.91 Å². The van der Waals surface area contributed by atoms with Gasteiger partial charge in [-0.15, -0.1) is 0 Å². The Bertz CT molecular complexity index is 748. The Kier molecular flexibility index (Phi) is 4.97. The number of imide groups is 1. The van der Waals surface area contributed by atoms with E-state index in [1.54, 1.807) is 13.1 Å². The summed E-state index contributed by atoms with van der Waals surface area (Å²) < 4.78 is 0. The van der Waals surface area contributed by atoms with Crippen molar-refractivity contribution in [3.63, 3.8) is 0 Å². The van der Waals surface area contributed by atoms with E-state index < -0.39 is 17.5 Å². The highest BCUT2D eigenvalue weighted by atomic mass is 35.5. The molecule has 140 valence electrons. The molecule has 0 bridgehead atoms. The van der Waals surface area contributed by atoms with Crippen molar-refractivity contribution in [2.45, 2.75) is 51.5 Å². The van der Waals surface area contributed by atoms with E-state index in [-0.39, 0.29) is 12.5 Å². The van der Waals surface area contributed by atoms with Crippen LogP contribution in [0.5, 0.6) is 0 Å². The molecule has 2 aliphatic rings. The van der Waals surface area contributed by atoms with Gasteiger partial charge in [0, 0.05) is 7.05 Å². The quantitative estimate of drug-likeness (QED) is 0.819. The van der Waals surface area contributed by atoms with E-state index in [0.29, 0.717) is 23.6 Å². The number of anilines is 1. The van der Waals surface area contributed by atoms with Crippen LogP contribution >= 0.6 is 11.6 Å². The first-order chi connectivity index (χ1) is 12.3. The summed E-state index contributed by atoms with van der Waals surface area (Å²) in [6.07, 6.45) is 4.23. The van der Waals surface area contributed by atoms with Crippen LogP contribution in [0.25, 0.3) is 0 Å². The molecule has 1 saturated carbocycles. The number of carbonyl (C=O) groups excluding carboxylic acids is 3. The predicted molar refractivity (Wildman–Crippen MR) is 100 cm³/mol. The summed E-state index contributed by atoms with van der Waals surface area (Å²) in [5.74, 6) is -0.687. The number of carbonyl (C=O) groups is 3. The number of hydrogen-bond donors (Lipinski definition) is 1. The van der Waals surface area contributed by atoms with Gasteiger partial charge in [0.05, 0.1) is 10.7 Å². The molecule has 7 heteroatoms. The normalized spacial score (nSPS) is 19.4. The van der Waals surface area contributed by atoms with Crippen LogP contribution in [-0.4, -0.2) is 46.8 Å². The minimum atomic E-state index is -0.771. The third-order valence-electron chi connectivity index (χ3n) is 5.48. The van der Waals surface area contributed by atoms with Gasteiger partial charge >= 0.3 is 6.03 Å². The Balaban J connectivity index is 1.75. The van der Waals surface area contributed by atoms with Gasteiger partial charge in [0.15, 0.2) is 0 Å². The van der Waals surface area contributed by atoms with Gasteiger partial charge in [-0.2, -0.15) is 0 Å². The molecule has 1 aromatic carbocycles. The molecule has 2 fully saturated rings. The average Bonchev–Trinajstić information content (AvgIpc) is 2.75. The smallest absolute Gasteiger partial charge is 0.323 e. The van der Waals surface area contributed by atoms with E-state index in [1.807, 2.05) is 19.9 Å². The number of nitrogens with one attached hydrogen (secondary N) is 1. The van der Waals surface area contributed by atoms with Crippen molar-refractivity contribution in [2.75, 3.05) is 18.9 Å². The SMILES string of the molecule is Cc1cc(C)c(NC(=O)CN2C(=O)N(C)C3(CCCCC3)C2=O)c(Cl)c1. The fraction of sp³-hybridized carbons (Fsp3) is 0.526. The molecule has 1 saturated heterocycles. The van der Waals surface area contributed by atoms with Crippen LogP contribution in [-0.2, 0) is 9.59 Å². The molecule has 0 aromatic heterocycles. The van der Waals surface area contributed by atoms with E-state index in [1.165, 1.54) is 4.90 Å².